The van der Waals surface area contributed by atoms with Gasteiger partial charge in [-0.2, -0.15) is 0 Å². The highest BCUT2D eigenvalue weighted by molar-refractivity contribution is 5.81. The lowest BCUT2D eigenvalue weighted by molar-refractivity contribution is -0.142. The van der Waals surface area contributed by atoms with Gasteiger partial charge in [0, 0.05) is 30.5 Å². The summed E-state index contributed by atoms with van der Waals surface area (Å²) in [5.41, 5.74) is 0. The van der Waals surface area contributed by atoms with Gasteiger partial charge in [-0.15, -0.1) is 0 Å². The first-order chi connectivity index (χ1) is 10.7. The minimum Gasteiger partial charge on any atom is -0.353 e. The number of carbonyl (C=O) groups is 2. The number of nitrogens with zero attached hydrogens (tertiary/aromatic N) is 1. The monoisotopic (exact) mass is 306 g/mol. The van der Waals surface area contributed by atoms with Crippen molar-refractivity contribution in [3.8, 4) is 0 Å². The molecule has 1 heterocycles. The van der Waals surface area contributed by atoms with E-state index in [9.17, 15) is 9.59 Å². The molecular formula is C18H30N2O2. The summed E-state index contributed by atoms with van der Waals surface area (Å²) in [6, 6.07) is 0.905. The van der Waals surface area contributed by atoms with Gasteiger partial charge in [0.1, 0.15) is 0 Å². The fourth-order valence-electron chi connectivity index (χ4n) is 4.10. The number of piperidine rings is 1. The van der Waals surface area contributed by atoms with Crippen molar-refractivity contribution in [2.75, 3.05) is 6.54 Å². The maximum Gasteiger partial charge on any atom is 0.225 e. The summed E-state index contributed by atoms with van der Waals surface area (Å²) in [6.07, 6.45) is 10.5. The standard InChI is InChI=1S/C18H30N2O2/c1-2-16-5-3-4-12-20(16)18(22)14-8-6-13(7-9-14)17(21)19-15-10-11-15/h13-16H,2-12H2,1H3,(H,19,21). The SMILES string of the molecule is CCC1CCCCN1C(=O)C1CCC(C(=O)NC2CC2)CC1. The Labute approximate surface area is 134 Å². The van der Waals surface area contributed by atoms with E-state index in [1.807, 2.05) is 0 Å². The molecule has 0 aromatic carbocycles. The molecule has 1 unspecified atom stereocenters. The molecule has 1 N–H and O–H groups in total. The van der Waals surface area contributed by atoms with Gasteiger partial charge in [0.2, 0.25) is 11.8 Å². The Kier molecular flexibility index (Phi) is 5.04. The van der Waals surface area contributed by atoms with E-state index in [2.05, 4.69) is 17.1 Å². The molecule has 2 aliphatic carbocycles. The predicted octanol–water partition coefficient (Wildman–Crippen LogP) is 2.86. The summed E-state index contributed by atoms with van der Waals surface area (Å²) in [6.45, 7) is 3.13. The van der Waals surface area contributed by atoms with Crippen LogP contribution in [-0.2, 0) is 9.59 Å². The molecule has 0 bridgehead atoms. The topological polar surface area (TPSA) is 49.4 Å². The fraction of sp³-hybridized carbons (Fsp3) is 0.889. The van der Waals surface area contributed by atoms with E-state index in [4.69, 9.17) is 0 Å². The molecule has 124 valence electrons. The van der Waals surface area contributed by atoms with Gasteiger partial charge in [0.15, 0.2) is 0 Å². The van der Waals surface area contributed by atoms with Crippen LogP contribution in [0.25, 0.3) is 0 Å². The van der Waals surface area contributed by atoms with Gasteiger partial charge in [-0.05, 0) is 64.2 Å². The van der Waals surface area contributed by atoms with E-state index in [0.29, 0.717) is 18.0 Å². The smallest absolute Gasteiger partial charge is 0.225 e. The van der Waals surface area contributed by atoms with Crippen LogP contribution in [0.4, 0.5) is 0 Å². The Morgan fingerprint density at radius 1 is 0.955 bits per heavy atom. The number of rotatable bonds is 4. The quantitative estimate of drug-likeness (QED) is 0.868. The first-order valence-electron chi connectivity index (χ1n) is 9.30. The molecule has 0 spiro atoms. The van der Waals surface area contributed by atoms with E-state index in [0.717, 1.165) is 57.9 Å². The van der Waals surface area contributed by atoms with Crippen LogP contribution in [0.3, 0.4) is 0 Å². The van der Waals surface area contributed by atoms with Gasteiger partial charge < -0.3 is 10.2 Å². The molecule has 3 aliphatic rings. The Hall–Kier alpha value is -1.06. The molecule has 2 saturated carbocycles. The third-order valence-electron chi connectivity index (χ3n) is 5.75. The number of nitrogens with one attached hydrogen (secondary N) is 1. The van der Waals surface area contributed by atoms with E-state index < -0.39 is 0 Å². The van der Waals surface area contributed by atoms with E-state index in [1.54, 1.807) is 0 Å². The van der Waals surface area contributed by atoms with Crippen molar-refractivity contribution in [2.45, 2.75) is 83.2 Å². The normalized spacial score (nSPS) is 32.6. The van der Waals surface area contributed by atoms with Crippen LogP contribution >= 0.6 is 0 Å². The maximum atomic E-state index is 12.8. The Balaban J connectivity index is 1.49. The lowest BCUT2D eigenvalue weighted by Gasteiger charge is -2.39. The Bertz CT molecular complexity index is 411. The second kappa shape index (κ2) is 7.01. The van der Waals surface area contributed by atoms with Crippen LogP contribution in [-0.4, -0.2) is 35.3 Å². The zero-order valence-electron chi connectivity index (χ0n) is 13.9. The third-order valence-corrected chi connectivity index (χ3v) is 5.75. The minimum absolute atomic E-state index is 0.146. The van der Waals surface area contributed by atoms with Crippen molar-refractivity contribution in [1.29, 1.82) is 0 Å². The molecule has 3 rings (SSSR count). The highest BCUT2D eigenvalue weighted by Crippen LogP contribution is 2.33. The first-order valence-corrected chi connectivity index (χ1v) is 9.30. The summed E-state index contributed by atoms with van der Waals surface area (Å²) in [7, 11) is 0. The molecule has 3 fully saturated rings. The van der Waals surface area contributed by atoms with E-state index >= 15 is 0 Å². The second-order valence-electron chi connectivity index (χ2n) is 7.42. The van der Waals surface area contributed by atoms with Crippen molar-refractivity contribution in [2.24, 2.45) is 11.8 Å². The van der Waals surface area contributed by atoms with Crippen molar-refractivity contribution in [3.05, 3.63) is 0 Å². The molecule has 1 aliphatic heterocycles. The molecular weight excluding hydrogens is 276 g/mol. The van der Waals surface area contributed by atoms with Gasteiger partial charge in [0.05, 0.1) is 0 Å². The van der Waals surface area contributed by atoms with Crippen LogP contribution < -0.4 is 5.32 Å². The van der Waals surface area contributed by atoms with Gasteiger partial charge in [-0.3, -0.25) is 9.59 Å². The Morgan fingerprint density at radius 3 is 2.27 bits per heavy atom. The van der Waals surface area contributed by atoms with Gasteiger partial charge in [-0.25, -0.2) is 0 Å². The zero-order valence-corrected chi connectivity index (χ0v) is 13.9. The maximum absolute atomic E-state index is 12.8. The fourth-order valence-corrected chi connectivity index (χ4v) is 4.10. The van der Waals surface area contributed by atoms with Crippen molar-refractivity contribution in [1.82, 2.24) is 10.2 Å². The summed E-state index contributed by atoms with van der Waals surface area (Å²) >= 11 is 0. The van der Waals surface area contributed by atoms with Crippen LogP contribution in [0, 0.1) is 11.8 Å². The summed E-state index contributed by atoms with van der Waals surface area (Å²) in [5, 5.41) is 3.11. The number of hydrogen-bond donors (Lipinski definition) is 1. The highest BCUT2D eigenvalue weighted by Gasteiger charge is 2.35. The van der Waals surface area contributed by atoms with E-state index in [-0.39, 0.29) is 17.7 Å². The number of likely N-dealkylation sites (tertiary alicyclic amines) is 1. The van der Waals surface area contributed by atoms with Gasteiger partial charge in [0.25, 0.3) is 0 Å². The largest absolute Gasteiger partial charge is 0.353 e. The molecule has 1 saturated heterocycles. The number of amides is 2. The lowest BCUT2D eigenvalue weighted by Crippen LogP contribution is -2.47. The van der Waals surface area contributed by atoms with Crippen LogP contribution in [0.5, 0.6) is 0 Å². The molecule has 4 nitrogen and oxygen atoms in total. The minimum atomic E-state index is 0.146. The highest BCUT2D eigenvalue weighted by atomic mass is 16.2. The Morgan fingerprint density at radius 2 is 1.64 bits per heavy atom. The average Bonchev–Trinajstić information content (AvgIpc) is 3.38. The molecule has 2 amide bonds. The first kappa shape index (κ1) is 15.8. The summed E-state index contributed by atoms with van der Waals surface area (Å²) in [5.74, 6) is 0.913. The molecule has 0 aromatic heterocycles. The summed E-state index contributed by atoms with van der Waals surface area (Å²) < 4.78 is 0. The molecule has 4 heteroatoms. The van der Waals surface area contributed by atoms with Crippen molar-refractivity contribution >= 4 is 11.8 Å². The molecule has 0 radical (unpaired) electrons. The van der Waals surface area contributed by atoms with Crippen molar-refractivity contribution < 1.29 is 9.59 Å². The van der Waals surface area contributed by atoms with E-state index in [1.165, 1.54) is 12.8 Å². The van der Waals surface area contributed by atoms with Crippen LogP contribution in [0.15, 0.2) is 0 Å². The van der Waals surface area contributed by atoms with Crippen molar-refractivity contribution in [3.63, 3.8) is 0 Å². The number of hydrogen-bond acceptors (Lipinski definition) is 2. The van der Waals surface area contributed by atoms with Gasteiger partial charge in [-0.1, -0.05) is 6.92 Å². The zero-order chi connectivity index (χ0) is 15.5. The average molecular weight is 306 g/mol. The molecule has 0 aromatic rings. The van der Waals surface area contributed by atoms with Crippen LogP contribution in [0.2, 0.25) is 0 Å². The third kappa shape index (κ3) is 3.64. The van der Waals surface area contributed by atoms with Gasteiger partial charge >= 0.3 is 0 Å². The molecule has 22 heavy (non-hydrogen) atoms. The predicted molar refractivity (Wildman–Crippen MR) is 86.3 cm³/mol. The second-order valence-corrected chi connectivity index (χ2v) is 7.42. The lowest BCUT2D eigenvalue weighted by atomic mass is 9.80. The van der Waals surface area contributed by atoms with Crippen LogP contribution in [0.1, 0.15) is 71.1 Å². The molecule has 1 atom stereocenters. The number of carbonyl (C=O) groups excluding carboxylic acids is 2. The summed E-state index contributed by atoms with van der Waals surface area (Å²) in [4.78, 5) is 27.1.